The average Bonchev–Trinajstić information content (AvgIpc) is 2.51. The lowest BCUT2D eigenvalue weighted by molar-refractivity contribution is -0.121. The van der Waals surface area contributed by atoms with Crippen LogP contribution >= 0.6 is 0 Å². The van der Waals surface area contributed by atoms with Gasteiger partial charge in [-0.15, -0.1) is 0 Å². The summed E-state index contributed by atoms with van der Waals surface area (Å²) in [5, 5.41) is 11.9. The number of nitrogens with one attached hydrogen (secondary N) is 1. The van der Waals surface area contributed by atoms with Crippen molar-refractivity contribution in [3.8, 4) is 6.07 Å². The number of carbonyl (C=O) groups is 1. The van der Waals surface area contributed by atoms with E-state index in [1.165, 1.54) is 12.1 Å². The van der Waals surface area contributed by atoms with Gasteiger partial charge in [0.15, 0.2) is 0 Å². The van der Waals surface area contributed by atoms with E-state index in [4.69, 9.17) is 5.26 Å². The molecule has 0 radical (unpaired) electrons. The molecule has 106 valence electrons. The van der Waals surface area contributed by atoms with Crippen molar-refractivity contribution in [3.05, 3.63) is 71.5 Å². The van der Waals surface area contributed by atoms with Crippen LogP contribution in [0.25, 0.3) is 0 Å². The summed E-state index contributed by atoms with van der Waals surface area (Å²) in [5.74, 6) is -1.40. The van der Waals surface area contributed by atoms with Crippen LogP contribution < -0.4 is 5.32 Å². The lowest BCUT2D eigenvalue weighted by Gasteiger charge is -2.10. The number of hydrogen-bond donors (Lipinski definition) is 1. The Balaban J connectivity index is 1.89. The molecule has 1 unspecified atom stereocenters. The van der Waals surface area contributed by atoms with Crippen molar-refractivity contribution in [1.29, 1.82) is 5.26 Å². The quantitative estimate of drug-likeness (QED) is 0.916. The minimum absolute atomic E-state index is 0.281. The highest BCUT2D eigenvalue weighted by Gasteiger charge is 2.19. The van der Waals surface area contributed by atoms with E-state index < -0.39 is 5.92 Å². The molecule has 2 aromatic rings. The maximum atomic E-state index is 12.8. The van der Waals surface area contributed by atoms with Crippen molar-refractivity contribution in [3.63, 3.8) is 0 Å². The van der Waals surface area contributed by atoms with Crippen molar-refractivity contribution >= 4 is 5.91 Å². The molecule has 0 saturated heterocycles. The van der Waals surface area contributed by atoms with Crippen LogP contribution in [0.4, 0.5) is 4.39 Å². The van der Waals surface area contributed by atoms with Gasteiger partial charge in [-0.05, 0) is 29.7 Å². The molecule has 0 heterocycles. The Labute approximate surface area is 123 Å². The molecular formula is C17H15FN2O. The number of halogens is 1. The second-order valence-corrected chi connectivity index (χ2v) is 4.64. The van der Waals surface area contributed by atoms with E-state index in [1.807, 2.05) is 12.1 Å². The SMILES string of the molecule is N#CC(C(=O)NCCc1ccc(F)cc1)c1ccccc1. The van der Waals surface area contributed by atoms with Gasteiger partial charge >= 0.3 is 0 Å². The molecule has 0 aliphatic heterocycles. The molecule has 0 spiro atoms. The number of rotatable bonds is 5. The van der Waals surface area contributed by atoms with Gasteiger partial charge in [-0.2, -0.15) is 5.26 Å². The van der Waals surface area contributed by atoms with Crippen molar-refractivity contribution in [2.75, 3.05) is 6.54 Å². The fraction of sp³-hybridized carbons (Fsp3) is 0.176. The lowest BCUT2D eigenvalue weighted by Crippen LogP contribution is -2.30. The number of nitriles is 1. The third-order valence-electron chi connectivity index (χ3n) is 3.15. The predicted molar refractivity (Wildman–Crippen MR) is 77.9 cm³/mol. The van der Waals surface area contributed by atoms with E-state index in [0.29, 0.717) is 18.5 Å². The molecule has 2 aromatic carbocycles. The first kappa shape index (κ1) is 14.7. The first-order chi connectivity index (χ1) is 10.2. The number of nitrogens with zero attached hydrogens (tertiary/aromatic N) is 1. The van der Waals surface area contributed by atoms with E-state index >= 15 is 0 Å². The second-order valence-electron chi connectivity index (χ2n) is 4.64. The molecule has 0 aromatic heterocycles. The standard InChI is InChI=1S/C17H15FN2O/c18-15-8-6-13(7-9-15)10-11-20-17(21)16(12-19)14-4-2-1-3-5-14/h1-9,16H,10-11H2,(H,20,21). The van der Waals surface area contributed by atoms with Crippen LogP contribution in [0.15, 0.2) is 54.6 Å². The molecule has 0 bridgehead atoms. The van der Waals surface area contributed by atoms with Crippen LogP contribution in [-0.2, 0) is 11.2 Å². The monoisotopic (exact) mass is 282 g/mol. The van der Waals surface area contributed by atoms with Crippen molar-refractivity contribution in [1.82, 2.24) is 5.32 Å². The van der Waals surface area contributed by atoms with Crippen LogP contribution in [0.1, 0.15) is 17.0 Å². The van der Waals surface area contributed by atoms with Gasteiger partial charge in [0.1, 0.15) is 11.7 Å². The average molecular weight is 282 g/mol. The predicted octanol–water partition coefficient (Wildman–Crippen LogP) is 2.79. The van der Waals surface area contributed by atoms with Crippen LogP contribution in [-0.4, -0.2) is 12.5 Å². The van der Waals surface area contributed by atoms with Gasteiger partial charge in [-0.1, -0.05) is 42.5 Å². The number of carbonyl (C=O) groups excluding carboxylic acids is 1. The Morgan fingerprint density at radius 3 is 2.43 bits per heavy atom. The summed E-state index contributed by atoms with van der Waals surface area (Å²) in [6.45, 7) is 0.412. The highest BCUT2D eigenvalue weighted by atomic mass is 19.1. The van der Waals surface area contributed by atoms with Gasteiger partial charge in [0.2, 0.25) is 5.91 Å². The fourth-order valence-corrected chi connectivity index (χ4v) is 2.01. The minimum Gasteiger partial charge on any atom is -0.354 e. The van der Waals surface area contributed by atoms with Crippen LogP contribution in [0.5, 0.6) is 0 Å². The highest BCUT2D eigenvalue weighted by Crippen LogP contribution is 2.14. The summed E-state index contributed by atoms with van der Waals surface area (Å²) in [4.78, 5) is 12.0. The Bertz CT molecular complexity index is 632. The molecule has 2 rings (SSSR count). The maximum Gasteiger partial charge on any atom is 0.241 e. The Morgan fingerprint density at radius 1 is 1.14 bits per heavy atom. The van der Waals surface area contributed by atoms with Gasteiger partial charge in [0.25, 0.3) is 0 Å². The van der Waals surface area contributed by atoms with Gasteiger partial charge < -0.3 is 5.32 Å². The smallest absolute Gasteiger partial charge is 0.241 e. The molecule has 0 aliphatic carbocycles. The second kappa shape index (κ2) is 7.20. The molecule has 0 aliphatic rings. The molecule has 0 fully saturated rings. The summed E-state index contributed by atoms with van der Waals surface area (Å²) in [7, 11) is 0. The highest BCUT2D eigenvalue weighted by molar-refractivity contribution is 5.86. The largest absolute Gasteiger partial charge is 0.354 e. The third-order valence-corrected chi connectivity index (χ3v) is 3.15. The van der Waals surface area contributed by atoms with Crippen molar-refractivity contribution in [2.24, 2.45) is 0 Å². The topological polar surface area (TPSA) is 52.9 Å². The Kier molecular flexibility index (Phi) is 5.05. The maximum absolute atomic E-state index is 12.8. The van der Waals surface area contributed by atoms with Gasteiger partial charge in [-0.3, -0.25) is 4.79 Å². The summed E-state index contributed by atoms with van der Waals surface area (Å²) in [6, 6.07) is 17.1. The zero-order valence-electron chi connectivity index (χ0n) is 11.4. The molecule has 1 amide bonds. The number of amides is 1. The van der Waals surface area contributed by atoms with Gasteiger partial charge in [0.05, 0.1) is 6.07 Å². The van der Waals surface area contributed by atoms with Crippen LogP contribution in [0, 0.1) is 17.1 Å². The van der Waals surface area contributed by atoms with E-state index in [2.05, 4.69) is 5.32 Å². The summed E-state index contributed by atoms with van der Waals surface area (Å²) >= 11 is 0. The zero-order valence-corrected chi connectivity index (χ0v) is 11.4. The zero-order chi connectivity index (χ0) is 15.1. The van der Waals surface area contributed by atoms with Crippen molar-refractivity contribution < 1.29 is 9.18 Å². The van der Waals surface area contributed by atoms with Crippen LogP contribution in [0.2, 0.25) is 0 Å². The number of benzene rings is 2. The Hall–Kier alpha value is -2.67. The third kappa shape index (κ3) is 4.15. The van der Waals surface area contributed by atoms with E-state index in [9.17, 15) is 9.18 Å². The van der Waals surface area contributed by atoms with Gasteiger partial charge in [0, 0.05) is 6.54 Å². The molecule has 1 N–H and O–H groups in total. The molecule has 0 saturated carbocycles. The van der Waals surface area contributed by atoms with E-state index in [-0.39, 0.29) is 11.7 Å². The van der Waals surface area contributed by atoms with E-state index in [0.717, 1.165) is 5.56 Å². The summed E-state index contributed by atoms with van der Waals surface area (Å²) in [6.07, 6.45) is 0.596. The van der Waals surface area contributed by atoms with Crippen molar-refractivity contribution in [2.45, 2.75) is 12.3 Å². The summed E-state index contributed by atoms with van der Waals surface area (Å²) < 4.78 is 12.8. The molecule has 21 heavy (non-hydrogen) atoms. The normalized spacial score (nSPS) is 11.4. The first-order valence-corrected chi connectivity index (χ1v) is 6.67. The lowest BCUT2D eigenvalue weighted by atomic mass is 10.00. The summed E-state index contributed by atoms with van der Waals surface area (Å²) in [5.41, 5.74) is 1.62. The Morgan fingerprint density at radius 2 is 1.81 bits per heavy atom. The van der Waals surface area contributed by atoms with Crippen LogP contribution in [0.3, 0.4) is 0 Å². The number of hydrogen-bond acceptors (Lipinski definition) is 2. The van der Waals surface area contributed by atoms with Gasteiger partial charge in [-0.25, -0.2) is 4.39 Å². The first-order valence-electron chi connectivity index (χ1n) is 6.67. The molecular weight excluding hydrogens is 267 g/mol. The molecule has 1 atom stereocenters. The molecule has 3 nitrogen and oxygen atoms in total. The fourth-order valence-electron chi connectivity index (χ4n) is 2.01. The minimum atomic E-state index is -0.806. The van der Waals surface area contributed by atoms with E-state index in [1.54, 1.807) is 36.4 Å². The molecule has 4 heteroatoms.